The number of primary amides is 1. The van der Waals surface area contributed by atoms with Crippen LogP contribution in [0.25, 0.3) is 0 Å². The average molecular weight is 246 g/mol. The van der Waals surface area contributed by atoms with E-state index in [1.54, 1.807) is 12.2 Å². The van der Waals surface area contributed by atoms with Gasteiger partial charge in [0, 0.05) is 36.7 Å². The van der Waals surface area contributed by atoms with E-state index in [0.717, 1.165) is 38.6 Å². The Morgan fingerprint density at radius 2 is 2.06 bits per heavy atom. The Morgan fingerprint density at radius 1 is 1.33 bits per heavy atom. The first kappa shape index (κ1) is 12.6. The number of likely N-dealkylation sites (tertiary alicyclic amines) is 1. The number of hydrogen-bond acceptors (Lipinski definition) is 3. The van der Waals surface area contributed by atoms with Gasteiger partial charge in [0.2, 0.25) is 5.91 Å². The molecule has 0 aromatic rings. The smallest absolute Gasteiger partial charge is 0.248 e. The largest absolute Gasteiger partial charge is 0.375 e. The summed E-state index contributed by atoms with van der Waals surface area (Å²) in [5, 5.41) is 0. The number of carbonyl (C=O) groups is 2. The van der Waals surface area contributed by atoms with Gasteiger partial charge in [0.1, 0.15) is 6.29 Å². The molecule has 0 unspecified atom stereocenters. The van der Waals surface area contributed by atoms with E-state index in [4.69, 9.17) is 5.73 Å². The van der Waals surface area contributed by atoms with Crippen LogP contribution in [0.5, 0.6) is 0 Å². The van der Waals surface area contributed by atoms with Crippen LogP contribution >= 0.6 is 0 Å². The van der Waals surface area contributed by atoms with Crippen LogP contribution in [0.15, 0.2) is 35.6 Å². The lowest BCUT2D eigenvalue weighted by molar-refractivity contribution is -0.114. The van der Waals surface area contributed by atoms with Crippen LogP contribution in [0.3, 0.4) is 0 Å². The molecule has 1 fully saturated rings. The number of nitrogens with two attached hydrogens (primary N) is 1. The number of aldehydes is 1. The molecule has 0 aromatic heterocycles. The Balaban J connectivity index is 2.04. The van der Waals surface area contributed by atoms with Gasteiger partial charge >= 0.3 is 0 Å². The van der Waals surface area contributed by atoms with E-state index in [-0.39, 0.29) is 5.92 Å². The molecule has 2 N–H and O–H groups in total. The van der Waals surface area contributed by atoms with E-state index in [0.29, 0.717) is 5.57 Å². The van der Waals surface area contributed by atoms with Gasteiger partial charge in [-0.15, -0.1) is 0 Å². The first-order valence-corrected chi connectivity index (χ1v) is 6.28. The Bertz CT molecular complexity index is 427. The molecule has 0 bridgehead atoms. The molecule has 0 saturated carbocycles. The topological polar surface area (TPSA) is 63.4 Å². The van der Waals surface area contributed by atoms with Gasteiger partial charge in [-0.2, -0.15) is 0 Å². The minimum atomic E-state index is -0.400. The Kier molecular flexibility index (Phi) is 3.97. The molecule has 96 valence electrons. The van der Waals surface area contributed by atoms with Crippen molar-refractivity contribution in [3.8, 4) is 0 Å². The molecular formula is C14H18N2O2. The molecule has 1 heterocycles. The maximum Gasteiger partial charge on any atom is 0.248 e. The zero-order valence-corrected chi connectivity index (χ0v) is 10.3. The van der Waals surface area contributed by atoms with Crippen molar-refractivity contribution in [3.63, 3.8) is 0 Å². The average Bonchev–Trinajstić information content (AvgIpc) is 2.64. The van der Waals surface area contributed by atoms with Crippen molar-refractivity contribution < 1.29 is 9.59 Å². The predicted molar refractivity (Wildman–Crippen MR) is 69.5 cm³/mol. The van der Waals surface area contributed by atoms with Crippen molar-refractivity contribution in [1.82, 2.24) is 4.90 Å². The molecule has 18 heavy (non-hydrogen) atoms. The third-order valence-corrected chi connectivity index (χ3v) is 3.50. The zero-order chi connectivity index (χ0) is 13.0. The minimum Gasteiger partial charge on any atom is -0.375 e. The van der Waals surface area contributed by atoms with Crippen molar-refractivity contribution in [2.75, 3.05) is 13.1 Å². The number of rotatable bonds is 3. The Morgan fingerprint density at radius 3 is 2.67 bits per heavy atom. The second-order valence-electron chi connectivity index (χ2n) is 4.71. The number of carbonyl (C=O) groups excluding carboxylic acids is 2. The van der Waals surface area contributed by atoms with Gasteiger partial charge in [0.15, 0.2) is 0 Å². The highest BCUT2D eigenvalue weighted by atomic mass is 16.1. The van der Waals surface area contributed by atoms with Crippen LogP contribution in [-0.4, -0.2) is 30.2 Å². The summed E-state index contributed by atoms with van der Waals surface area (Å²) in [5.74, 6) is -0.191. The fourth-order valence-corrected chi connectivity index (χ4v) is 2.34. The lowest BCUT2D eigenvalue weighted by Crippen LogP contribution is -2.33. The summed E-state index contributed by atoms with van der Waals surface area (Å²) in [6.45, 7) is 1.81. The van der Waals surface area contributed by atoms with E-state index >= 15 is 0 Å². The molecule has 1 aliphatic carbocycles. The molecule has 0 spiro atoms. The molecule has 0 radical (unpaired) electrons. The molecule has 4 nitrogen and oxygen atoms in total. The Labute approximate surface area is 107 Å². The van der Waals surface area contributed by atoms with E-state index < -0.39 is 5.91 Å². The van der Waals surface area contributed by atoms with Crippen molar-refractivity contribution in [3.05, 3.63) is 35.6 Å². The van der Waals surface area contributed by atoms with E-state index in [2.05, 4.69) is 4.90 Å². The molecule has 1 amide bonds. The third-order valence-electron chi connectivity index (χ3n) is 3.50. The van der Waals surface area contributed by atoms with Crippen molar-refractivity contribution >= 4 is 12.2 Å². The highest BCUT2D eigenvalue weighted by Gasteiger charge is 2.19. The molecule has 2 aliphatic rings. The summed E-state index contributed by atoms with van der Waals surface area (Å²) in [5.41, 5.74) is 6.98. The lowest BCUT2D eigenvalue weighted by Gasteiger charge is -2.33. The van der Waals surface area contributed by atoms with Gasteiger partial charge in [0.25, 0.3) is 0 Å². The molecule has 1 aliphatic heterocycles. The molecule has 1 saturated heterocycles. The third kappa shape index (κ3) is 2.88. The fraction of sp³-hybridized carbons (Fsp3) is 0.429. The predicted octanol–water partition coefficient (Wildman–Crippen LogP) is 1.15. The highest BCUT2D eigenvalue weighted by molar-refractivity contribution is 5.95. The second kappa shape index (κ2) is 5.67. The second-order valence-corrected chi connectivity index (χ2v) is 4.71. The normalized spacial score (nSPS) is 21.0. The summed E-state index contributed by atoms with van der Waals surface area (Å²) < 4.78 is 0. The van der Waals surface area contributed by atoms with Gasteiger partial charge in [-0.1, -0.05) is 12.2 Å². The van der Waals surface area contributed by atoms with Gasteiger partial charge in [0.05, 0.1) is 0 Å². The summed E-state index contributed by atoms with van der Waals surface area (Å²) in [6, 6.07) is 0. The molecule has 0 aromatic carbocycles. The summed E-state index contributed by atoms with van der Waals surface area (Å²) in [4.78, 5) is 24.1. The van der Waals surface area contributed by atoms with Gasteiger partial charge < -0.3 is 15.4 Å². The number of amides is 1. The standard InChI is InChI=1S/C14H18N2O2/c15-14(18)12-2-1-3-13(5-4-12)16-8-6-11(10-17)7-9-16/h1-2,4-5,10-11H,3,6-9H2,(H2,15,18). The molecular weight excluding hydrogens is 228 g/mol. The number of nitrogens with zero attached hydrogens (tertiary/aromatic N) is 1. The summed E-state index contributed by atoms with van der Waals surface area (Å²) in [7, 11) is 0. The number of piperidine rings is 1. The van der Waals surface area contributed by atoms with Gasteiger partial charge in [-0.25, -0.2) is 0 Å². The van der Waals surface area contributed by atoms with Crippen LogP contribution in [0, 0.1) is 5.92 Å². The first-order valence-electron chi connectivity index (χ1n) is 6.28. The number of hydrogen-bond donors (Lipinski definition) is 1. The monoisotopic (exact) mass is 246 g/mol. The van der Waals surface area contributed by atoms with Crippen molar-refractivity contribution in [2.24, 2.45) is 11.7 Å². The van der Waals surface area contributed by atoms with Crippen LogP contribution < -0.4 is 5.73 Å². The maximum absolute atomic E-state index is 11.1. The van der Waals surface area contributed by atoms with E-state index in [9.17, 15) is 9.59 Å². The van der Waals surface area contributed by atoms with Gasteiger partial charge in [-0.3, -0.25) is 4.79 Å². The first-order chi connectivity index (χ1) is 8.70. The Hall–Kier alpha value is -1.84. The summed E-state index contributed by atoms with van der Waals surface area (Å²) in [6.07, 6.45) is 11.1. The van der Waals surface area contributed by atoms with Crippen LogP contribution in [0.2, 0.25) is 0 Å². The molecule has 4 heteroatoms. The van der Waals surface area contributed by atoms with Crippen LogP contribution in [0.4, 0.5) is 0 Å². The molecule has 0 atom stereocenters. The number of allylic oxidation sites excluding steroid dienone is 3. The molecule has 2 rings (SSSR count). The van der Waals surface area contributed by atoms with Crippen LogP contribution in [-0.2, 0) is 9.59 Å². The van der Waals surface area contributed by atoms with Crippen LogP contribution in [0.1, 0.15) is 19.3 Å². The maximum atomic E-state index is 11.1. The van der Waals surface area contributed by atoms with Crippen molar-refractivity contribution in [2.45, 2.75) is 19.3 Å². The minimum absolute atomic E-state index is 0.208. The van der Waals surface area contributed by atoms with Gasteiger partial charge in [-0.05, 0) is 25.0 Å². The van der Waals surface area contributed by atoms with E-state index in [1.165, 1.54) is 5.70 Å². The van der Waals surface area contributed by atoms with Crippen molar-refractivity contribution in [1.29, 1.82) is 0 Å². The summed E-state index contributed by atoms with van der Waals surface area (Å²) >= 11 is 0. The zero-order valence-electron chi connectivity index (χ0n) is 10.3. The lowest BCUT2D eigenvalue weighted by atomic mass is 9.98. The SMILES string of the molecule is NC(=O)C1=CC=C(N2CCC(C=O)CC2)CC=C1. The van der Waals surface area contributed by atoms with E-state index in [1.807, 2.05) is 12.2 Å². The highest BCUT2D eigenvalue weighted by Crippen LogP contribution is 2.22. The quantitative estimate of drug-likeness (QED) is 0.760. The fourth-order valence-electron chi connectivity index (χ4n) is 2.34.